The number of benzene rings is 1. The van der Waals surface area contributed by atoms with Crippen LogP contribution in [0.25, 0.3) is 10.9 Å². The number of anilines is 1. The van der Waals surface area contributed by atoms with E-state index in [0.717, 1.165) is 23.6 Å². The van der Waals surface area contributed by atoms with E-state index in [-0.39, 0.29) is 23.1 Å². The number of hydrogen-bond donors (Lipinski definition) is 1. The van der Waals surface area contributed by atoms with E-state index in [1.807, 2.05) is 0 Å². The average molecular weight is 323 g/mol. The van der Waals surface area contributed by atoms with E-state index >= 15 is 0 Å². The summed E-state index contributed by atoms with van der Waals surface area (Å²) in [5.41, 5.74) is -2.07. The van der Waals surface area contributed by atoms with E-state index in [0.29, 0.717) is 13.1 Å². The molecule has 8 heteroatoms. The van der Waals surface area contributed by atoms with Crippen LogP contribution in [0, 0.1) is 11.6 Å². The highest BCUT2D eigenvalue weighted by Gasteiger charge is 2.26. The number of carboxylic acids is 1. The Balaban J connectivity index is 2.39. The van der Waals surface area contributed by atoms with Crippen molar-refractivity contribution in [1.29, 1.82) is 0 Å². The van der Waals surface area contributed by atoms with Gasteiger partial charge >= 0.3 is 5.97 Å². The predicted molar refractivity (Wildman–Crippen MR) is 80.0 cm³/mol. The number of rotatable bonds is 3. The van der Waals surface area contributed by atoms with Crippen molar-refractivity contribution >= 4 is 22.6 Å². The van der Waals surface area contributed by atoms with Crippen molar-refractivity contribution in [3.63, 3.8) is 0 Å². The second-order valence-electron chi connectivity index (χ2n) is 5.41. The summed E-state index contributed by atoms with van der Waals surface area (Å²) < 4.78 is 30.4. The Morgan fingerprint density at radius 2 is 2.00 bits per heavy atom. The zero-order valence-electron chi connectivity index (χ0n) is 12.5. The molecule has 23 heavy (non-hydrogen) atoms. The molecule has 2 aromatic rings. The molecule has 6 nitrogen and oxygen atoms in total. The van der Waals surface area contributed by atoms with Crippen LogP contribution < -0.4 is 10.3 Å². The first-order valence-electron chi connectivity index (χ1n) is 7.36. The van der Waals surface area contributed by atoms with Gasteiger partial charge in [0.15, 0.2) is 5.82 Å². The maximum absolute atomic E-state index is 14.9. The van der Waals surface area contributed by atoms with Crippen LogP contribution >= 0.6 is 0 Å². The first-order chi connectivity index (χ1) is 11.0. The van der Waals surface area contributed by atoms with Gasteiger partial charge in [-0.05, 0) is 25.8 Å². The smallest absolute Gasteiger partial charge is 0.360 e. The molecule has 0 unspecified atom stereocenters. The van der Waals surface area contributed by atoms with Crippen LogP contribution in [0.4, 0.5) is 14.5 Å². The first kappa shape index (κ1) is 15.4. The van der Waals surface area contributed by atoms with Gasteiger partial charge in [-0.25, -0.2) is 13.6 Å². The fraction of sp³-hybridized carbons (Fsp3) is 0.400. The Morgan fingerprint density at radius 1 is 1.35 bits per heavy atom. The van der Waals surface area contributed by atoms with E-state index in [1.165, 1.54) is 0 Å². The zero-order valence-corrected chi connectivity index (χ0v) is 12.5. The van der Waals surface area contributed by atoms with Gasteiger partial charge in [-0.3, -0.25) is 9.48 Å². The molecule has 1 aromatic heterocycles. The molecular formula is C15H15F2N3O3. The molecule has 1 aromatic carbocycles. The molecule has 0 aliphatic carbocycles. The summed E-state index contributed by atoms with van der Waals surface area (Å²) in [6.07, 6.45) is 1.68. The summed E-state index contributed by atoms with van der Waals surface area (Å²) in [4.78, 5) is 24.9. The Bertz CT molecular complexity index is 857. The van der Waals surface area contributed by atoms with Gasteiger partial charge in [-0.15, -0.1) is 0 Å². The fourth-order valence-corrected chi connectivity index (χ4v) is 2.97. The molecule has 0 saturated carbocycles. The number of aromatic nitrogens is 2. The molecule has 0 amide bonds. The lowest BCUT2D eigenvalue weighted by atomic mass is 10.1. The van der Waals surface area contributed by atoms with Crippen molar-refractivity contribution in [3.05, 3.63) is 33.6 Å². The van der Waals surface area contributed by atoms with Crippen LogP contribution in [0.1, 0.15) is 30.3 Å². The summed E-state index contributed by atoms with van der Waals surface area (Å²) in [6, 6.07) is 0.911. The van der Waals surface area contributed by atoms with E-state index in [9.17, 15) is 18.4 Å². The molecule has 1 aliphatic heterocycles. The number of aryl methyl sites for hydroxylation is 1. The topological polar surface area (TPSA) is 75.4 Å². The maximum atomic E-state index is 14.9. The minimum atomic E-state index is -1.52. The van der Waals surface area contributed by atoms with Gasteiger partial charge < -0.3 is 10.0 Å². The summed E-state index contributed by atoms with van der Waals surface area (Å²) in [7, 11) is 0. The summed E-state index contributed by atoms with van der Waals surface area (Å²) in [5, 5.41) is 12.4. The average Bonchev–Trinajstić information content (AvgIpc) is 3.02. The van der Waals surface area contributed by atoms with Crippen molar-refractivity contribution in [3.8, 4) is 0 Å². The number of hydrogen-bond acceptors (Lipinski definition) is 4. The molecule has 3 rings (SSSR count). The number of fused-ring (bicyclic) bond motifs is 1. The lowest BCUT2D eigenvalue weighted by Crippen LogP contribution is -2.26. The monoisotopic (exact) mass is 323 g/mol. The lowest BCUT2D eigenvalue weighted by molar-refractivity contribution is 0.0686. The Kier molecular flexibility index (Phi) is 3.75. The number of halogens is 2. The van der Waals surface area contributed by atoms with Gasteiger partial charge in [0.05, 0.1) is 5.39 Å². The van der Waals surface area contributed by atoms with E-state index < -0.39 is 28.7 Å². The van der Waals surface area contributed by atoms with E-state index in [1.54, 1.807) is 11.8 Å². The second-order valence-corrected chi connectivity index (χ2v) is 5.41. The molecule has 0 atom stereocenters. The van der Waals surface area contributed by atoms with Gasteiger partial charge in [0.1, 0.15) is 17.0 Å². The molecule has 1 aliphatic rings. The van der Waals surface area contributed by atoms with Crippen LogP contribution in [0.2, 0.25) is 0 Å². The fourth-order valence-electron chi connectivity index (χ4n) is 2.97. The van der Waals surface area contributed by atoms with Crippen LogP contribution in [-0.4, -0.2) is 33.9 Å². The Morgan fingerprint density at radius 3 is 2.57 bits per heavy atom. The van der Waals surface area contributed by atoms with Crippen LogP contribution in [0.5, 0.6) is 0 Å². The number of carbonyl (C=O) groups is 1. The largest absolute Gasteiger partial charge is 0.476 e. The van der Waals surface area contributed by atoms with Crippen LogP contribution in [0.3, 0.4) is 0 Å². The summed E-state index contributed by atoms with van der Waals surface area (Å²) in [5.74, 6) is -3.26. The van der Waals surface area contributed by atoms with Gasteiger partial charge in [-0.2, -0.15) is 5.10 Å². The molecule has 1 N–H and O–H groups in total. The maximum Gasteiger partial charge on any atom is 0.360 e. The van der Waals surface area contributed by atoms with Crippen LogP contribution in [-0.2, 0) is 6.54 Å². The molecule has 0 bridgehead atoms. The number of nitrogens with zero attached hydrogens (tertiary/aromatic N) is 3. The highest BCUT2D eigenvalue weighted by Crippen LogP contribution is 2.31. The van der Waals surface area contributed by atoms with Gasteiger partial charge in [0, 0.05) is 19.6 Å². The van der Waals surface area contributed by atoms with E-state index in [4.69, 9.17) is 5.11 Å². The standard InChI is InChI=1S/C15H15F2N3O3/c1-2-20-12-8(14(21)11(18-20)15(22)23)7-9(16)13(10(12)17)19-5-3-4-6-19/h7H,2-6H2,1H3,(H,22,23). The summed E-state index contributed by atoms with van der Waals surface area (Å²) >= 11 is 0. The van der Waals surface area contributed by atoms with E-state index in [2.05, 4.69) is 5.10 Å². The van der Waals surface area contributed by atoms with Gasteiger partial charge in [0.2, 0.25) is 11.1 Å². The SMILES string of the molecule is CCn1nc(C(=O)O)c(=O)c2cc(F)c(N3CCCC3)c(F)c21. The van der Waals surface area contributed by atoms with Crippen molar-refractivity contribution in [2.24, 2.45) is 0 Å². The molecule has 1 fully saturated rings. The van der Waals surface area contributed by atoms with Gasteiger partial charge in [-0.1, -0.05) is 0 Å². The number of aromatic carboxylic acids is 1. The molecular weight excluding hydrogens is 308 g/mol. The first-order valence-corrected chi connectivity index (χ1v) is 7.36. The highest BCUT2D eigenvalue weighted by atomic mass is 19.1. The third-order valence-electron chi connectivity index (χ3n) is 4.03. The minimum absolute atomic E-state index is 0.152. The minimum Gasteiger partial charge on any atom is -0.476 e. The van der Waals surface area contributed by atoms with Crippen molar-refractivity contribution in [1.82, 2.24) is 9.78 Å². The van der Waals surface area contributed by atoms with Gasteiger partial charge in [0.25, 0.3) is 0 Å². The third kappa shape index (κ3) is 2.34. The number of carboxylic acid groups (broad SMARTS) is 1. The second kappa shape index (κ2) is 5.60. The molecule has 0 radical (unpaired) electrons. The Hall–Kier alpha value is -2.51. The van der Waals surface area contributed by atoms with Crippen molar-refractivity contribution in [2.45, 2.75) is 26.3 Å². The van der Waals surface area contributed by atoms with Crippen molar-refractivity contribution < 1.29 is 18.7 Å². The summed E-state index contributed by atoms with van der Waals surface area (Å²) in [6.45, 7) is 2.87. The van der Waals surface area contributed by atoms with Crippen LogP contribution in [0.15, 0.2) is 10.9 Å². The predicted octanol–water partition coefficient (Wildman–Crippen LogP) is 1.99. The van der Waals surface area contributed by atoms with Crippen molar-refractivity contribution in [2.75, 3.05) is 18.0 Å². The lowest BCUT2D eigenvalue weighted by Gasteiger charge is -2.21. The normalized spacial score (nSPS) is 14.7. The zero-order chi connectivity index (χ0) is 16.7. The third-order valence-corrected chi connectivity index (χ3v) is 4.03. The quantitative estimate of drug-likeness (QED) is 0.935. The highest BCUT2D eigenvalue weighted by molar-refractivity contribution is 5.91. The molecule has 122 valence electrons. The molecule has 2 heterocycles. The Labute approximate surface area is 129 Å². The molecule has 0 spiro atoms. The molecule has 1 saturated heterocycles.